The summed E-state index contributed by atoms with van der Waals surface area (Å²) in [6.07, 6.45) is 9.51. The van der Waals surface area contributed by atoms with Crippen molar-refractivity contribution in [1.29, 1.82) is 0 Å². The molecule has 0 atom stereocenters. The number of anilines is 1. The van der Waals surface area contributed by atoms with Crippen LogP contribution in [0.4, 0.5) is 5.69 Å². The molecule has 126 valence electrons. The van der Waals surface area contributed by atoms with Crippen LogP contribution in [-0.2, 0) is 0 Å². The first kappa shape index (κ1) is 16.7. The van der Waals surface area contributed by atoms with E-state index in [1.165, 1.54) is 0 Å². The molecule has 0 aliphatic carbocycles. The normalized spacial score (nSPS) is 13.1. The van der Waals surface area contributed by atoms with Gasteiger partial charge in [0.1, 0.15) is 11.6 Å². The summed E-state index contributed by atoms with van der Waals surface area (Å²) in [6.45, 7) is 7.80. The Kier molecular flexibility index (Phi) is 5.09. The van der Waals surface area contributed by atoms with Crippen molar-refractivity contribution in [3.05, 3.63) is 66.6 Å². The van der Waals surface area contributed by atoms with E-state index in [1.54, 1.807) is 19.3 Å². The number of hydrogen-bond acceptors (Lipinski definition) is 4. The molecule has 1 aromatic heterocycles. The molecule has 2 heterocycles. The van der Waals surface area contributed by atoms with E-state index in [-0.39, 0.29) is 0 Å². The predicted octanol–water partition coefficient (Wildman–Crippen LogP) is 5.16. The second kappa shape index (κ2) is 7.62. The third-order valence-corrected chi connectivity index (χ3v) is 4.00. The number of rotatable bonds is 6. The summed E-state index contributed by atoms with van der Waals surface area (Å²) in [6, 6.07) is 9.84. The minimum atomic E-state index is 0.784. The summed E-state index contributed by atoms with van der Waals surface area (Å²) >= 11 is 0. The van der Waals surface area contributed by atoms with Crippen LogP contribution in [0.15, 0.2) is 60.4 Å². The lowest BCUT2D eigenvalue weighted by atomic mass is 10.1. The third kappa shape index (κ3) is 3.69. The average Bonchev–Trinajstić information content (AvgIpc) is 2.68. The van der Waals surface area contributed by atoms with E-state index in [0.717, 1.165) is 52.6 Å². The van der Waals surface area contributed by atoms with E-state index in [9.17, 15) is 0 Å². The molecule has 1 aliphatic heterocycles. The second-order valence-electron chi connectivity index (χ2n) is 5.59. The number of allylic oxidation sites excluding steroid dienone is 1. The SMILES string of the molecule is C=Cc1nc(-c2ccc(OC)cc2)cc(NC2=CCCC=N2)c1C=C. The molecule has 0 fully saturated rings. The fraction of sp³-hybridized carbons (Fsp3) is 0.143. The van der Waals surface area contributed by atoms with Gasteiger partial charge in [0.2, 0.25) is 0 Å². The summed E-state index contributed by atoms with van der Waals surface area (Å²) in [5.74, 6) is 1.66. The van der Waals surface area contributed by atoms with Gasteiger partial charge < -0.3 is 10.1 Å². The van der Waals surface area contributed by atoms with Crippen molar-refractivity contribution in [2.24, 2.45) is 4.99 Å². The van der Waals surface area contributed by atoms with Crippen molar-refractivity contribution in [2.75, 3.05) is 12.4 Å². The Balaban J connectivity index is 2.05. The van der Waals surface area contributed by atoms with Gasteiger partial charge in [0.05, 0.1) is 24.2 Å². The van der Waals surface area contributed by atoms with Crippen LogP contribution in [0.25, 0.3) is 23.4 Å². The molecule has 1 N–H and O–H groups in total. The van der Waals surface area contributed by atoms with Gasteiger partial charge in [-0.2, -0.15) is 0 Å². The van der Waals surface area contributed by atoms with Gasteiger partial charge in [0.25, 0.3) is 0 Å². The van der Waals surface area contributed by atoms with Crippen molar-refractivity contribution < 1.29 is 4.74 Å². The molecule has 25 heavy (non-hydrogen) atoms. The Bertz CT molecular complexity index is 848. The molecule has 0 bridgehead atoms. The monoisotopic (exact) mass is 331 g/mol. The highest BCUT2D eigenvalue weighted by molar-refractivity contribution is 5.79. The molecule has 4 nitrogen and oxygen atoms in total. The predicted molar refractivity (Wildman–Crippen MR) is 106 cm³/mol. The maximum atomic E-state index is 5.23. The number of benzene rings is 1. The van der Waals surface area contributed by atoms with Crippen molar-refractivity contribution in [1.82, 2.24) is 4.98 Å². The molecule has 0 saturated heterocycles. The largest absolute Gasteiger partial charge is 0.497 e. The van der Waals surface area contributed by atoms with Gasteiger partial charge >= 0.3 is 0 Å². The lowest BCUT2D eigenvalue weighted by Crippen LogP contribution is -2.04. The Hall–Kier alpha value is -3.14. The van der Waals surface area contributed by atoms with Crippen LogP contribution in [0, 0.1) is 0 Å². The average molecular weight is 331 g/mol. The van der Waals surface area contributed by atoms with Crippen LogP contribution in [0.2, 0.25) is 0 Å². The van der Waals surface area contributed by atoms with E-state index in [2.05, 4.69) is 29.5 Å². The molecule has 0 unspecified atom stereocenters. The lowest BCUT2D eigenvalue weighted by Gasteiger charge is -2.16. The van der Waals surface area contributed by atoms with Crippen molar-refractivity contribution in [3.63, 3.8) is 0 Å². The summed E-state index contributed by atoms with van der Waals surface area (Å²) in [4.78, 5) is 9.12. The highest BCUT2D eigenvalue weighted by Gasteiger charge is 2.11. The number of methoxy groups -OCH3 is 1. The van der Waals surface area contributed by atoms with Gasteiger partial charge in [0.15, 0.2) is 0 Å². The molecule has 0 saturated carbocycles. The standard InChI is InChI=1S/C21H21N3O/c1-4-17-18(5-2)23-19(15-9-11-16(25-3)12-10-15)14-20(17)24-21-8-6-7-13-22-21/h4-5,8-14H,1-2,6-7H2,3H3,(H,23,24). The number of ether oxygens (including phenoxy) is 1. The maximum absolute atomic E-state index is 5.23. The number of hydrogen-bond donors (Lipinski definition) is 1. The quantitative estimate of drug-likeness (QED) is 0.795. The van der Waals surface area contributed by atoms with Gasteiger partial charge in [-0.1, -0.05) is 19.2 Å². The van der Waals surface area contributed by atoms with Crippen LogP contribution < -0.4 is 10.1 Å². The van der Waals surface area contributed by atoms with Crippen molar-refractivity contribution >= 4 is 24.1 Å². The van der Waals surface area contributed by atoms with Crippen LogP contribution in [0.1, 0.15) is 24.1 Å². The van der Waals surface area contributed by atoms with E-state index in [1.807, 2.05) is 36.5 Å². The smallest absolute Gasteiger partial charge is 0.125 e. The first-order valence-corrected chi connectivity index (χ1v) is 8.19. The molecule has 0 radical (unpaired) electrons. The molecule has 0 amide bonds. The molecule has 1 aromatic carbocycles. The fourth-order valence-corrected chi connectivity index (χ4v) is 2.69. The first-order chi connectivity index (χ1) is 12.2. The van der Waals surface area contributed by atoms with Crippen LogP contribution in [-0.4, -0.2) is 18.3 Å². The Morgan fingerprint density at radius 2 is 1.92 bits per heavy atom. The lowest BCUT2D eigenvalue weighted by molar-refractivity contribution is 0.415. The van der Waals surface area contributed by atoms with Gasteiger partial charge in [-0.3, -0.25) is 0 Å². The molecule has 0 spiro atoms. The maximum Gasteiger partial charge on any atom is 0.125 e. The topological polar surface area (TPSA) is 46.5 Å². The van der Waals surface area contributed by atoms with Crippen molar-refractivity contribution in [2.45, 2.75) is 12.8 Å². The van der Waals surface area contributed by atoms with Crippen molar-refractivity contribution in [3.8, 4) is 17.0 Å². The molecular weight excluding hydrogens is 310 g/mol. The fourth-order valence-electron chi connectivity index (χ4n) is 2.69. The highest BCUT2D eigenvalue weighted by atomic mass is 16.5. The molecular formula is C21H21N3O. The minimum Gasteiger partial charge on any atom is -0.497 e. The number of aliphatic imine (C=N–C) groups is 1. The molecule has 4 heteroatoms. The number of nitrogens with one attached hydrogen (secondary N) is 1. The Morgan fingerprint density at radius 1 is 1.12 bits per heavy atom. The zero-order valence-corrected chi connectivity index (χ0v) is 14.3. The molecule has 2 aromatic rings. The third-order valence-electron chi connectivity index (χ3n) is 4.00. The minimum absolute atomic E-state index is 0.784. The number of nitrogens with zero attached hydrogens (tertiary/aromatic N) is 2. The summed E-state index contributed by atoms with van der Waals surface area (Å²) in [5.41, 5.74) is 4.46. The summed E-state index contributed by atoms with van der Waals surface area (Å²) < 4.78 is 5.23. The number of aromatic nitrogens is 1. The number of pyridine rings is 1. The van der Waals surface area contributed by atoms with E-state index >= 15 is 0 Å². The summed E-state index contributed by atoms with van der Waals surface area (Å²) in [5, 5.41) is 3.39. The van der Waals surface area contributed by atoms with E-state index < -0.39 is 0 Å². The van der Waals surface area contributed by atoms with Crippen LogP contribution in [0.5, 0.6) is 5.75 Å². The van der Waals surface area contributed by atoms with Crippen LogP contribution in [0.3, 0.4) is 0 Å². The van der Waals surface area contributed by atoms with E-state index in [4.69, 9.17) is 9.72 Å². The second-order valence-corrected chi connectivity index (χ2v) is 5.59. The van der Waals surface area contributed by atoms with Gasteiger partial charge in [0, 0.05) is 17.3 Å². The van der Waals surface area contributed by atoms with Gasteiger partial charge in [-0.25, -0.2) is 9.98 Å². The molecule has 3 rings (SSSR count). The zero-order valence-electron chi connectivity index (χ0n) is 14.3. The molecule has 1 aliphatic rings. The van der Waals surface area contributed by atoms with Gasteiger partial charge in [-0.05, 0) is 55.3 Å². The Labute approximate surface area is 148 Å². The zero-order chi connectivity index (χ0) is 17.6. The van der Waals surface area contributed by atoms with Gasteiger partial charge in [-0.15, -0.1) is 0 Å². The Morgan fingerprint density at radius 3 is 2.52 bits per heavy atom. The van der Waals surface area contributed by atoms with Crippen LogP contribution >= 0.6 is 0 Å². The summed E-state index contributed by atoms with van der Waals surface area (Å²) in [7, 11) is 1.66. The van der Waals surface area contributed by atoms with E-state index in [0.29, 0.717) is 0 Å². The first-order valence-electron chi connectivity index (χ1n) is 8.19. The highest BCUT2D eigenvalue weighted by Crippen LogP contribution is 2.30.